The fraction of sp³-hybridized carbons (Fsp3) is 0.143. The van der Waals surface area contributed by atoms with Crippen molar-refractivity contribution < 1.29 is 17.9 Å². The van der Waals surface area contributed by atoms with Crippen LogP contribution in [0.4, 0.5) is 5.82 Å². The molecule has 30 heavy (non-hydrogen) atoms. The summed E-state index contributed by atoms with van der Waals surface area (Å²) in [5.41, 5.74) is 9.58. The zero-order valence-corrected chi connectivity index (χ0v) is 17.5. The standard InChI is InChI=1S/C21H20N4O4S/c1-28-18-9-6-14(10-19(18)29-2)17-12-25-11-16(23-20(22)21(25)24-17)13-4-7-15(8-5-13)30(3,26)27/h4-12H,1-3H3,(H2,22,23). The van der Waals surface area contributed by atoms with E-state index in [1.54, 1.807) is 49.1 Å². The van der Waals surface area contributed by atoms with E-state index < -0.39 is 9.84 Å². The van der Waals surface area contributed by atoms with Gasteiger partial charge in [0.25, 0.3) is 0 Å². The van der Waals surface area contributed by atoms with Gasteiger partial charge in [0.05, 0.1) is 30.5 Å². The number of anilines is 1. The molecule has 0 bridgehead atoms. The first-order valence-corrected chi connectivity index (χ1v) is 10.9. The highest BCUT2D eigenvalue weighted by Gasteiger charge is 2.14. The SMILES string of the molecule is COc1ccc(-c2cn3cc(-c4ccc(S(C)(=O)=O)cc4)nc(N)c3n2)cc1OC. The molecule has 4 aromatic rings. The molecule has 0 saturated carbocycles. The molecule has 0 fully saturated rings. The number of benzene rings is 2. The Morgan fingerprint density at radius 1 is 0.867 bits per heavy atom. The molecule has 9 heteroatoms. The van der Waals surface area contributed by atoms with Crippen LogP contribution in [0.1, 0.15) is 0 Å². The lowest BCUT2D eigenvalue weighted by atomic mass is 10.1. The van der Waals surface area contributed by atoms with Crippen molar-refractivity contribution in [3.63, 3.8) is 0 Å². The lowest BCUT2D eigenvalue weighted by Crippen LogP contribution is -1.99. The van der Waals surface area contributed by atoms with E-state index in [9.17, 15) is 8.42 Å². The summed E-state index contributed by atoms with van der Waals surface area (Å²) in [6, 6.07) is 12.1. The number of nitrogens with zero attached hydrogens (tertiary/aromatic N) is 3. The van der Waals surface area contributed by atoms with Gasteiger partial charge in [0.15, 0.2) is 32.8 Å². The summed E-state index contributed by atoms with van der Waals surface area (Å²) < 4.78 is 35.8. The van der Waals surface area contributed by atoms with E-state index in [1.165, 1.54) is 6.26 Å². The summed E-state index contributed by atoms with van der Waals surface area (Å²) in [5.74, 6) is 1.50. The third kappa shape index (κ3) is 3.55. The Morgan fingerprint density at radius 2 is 1.47 bits per heavy atom. The Balaban J connectivity index is 1.77. The summed E-state index contributed by atoms with van der Waals surface area (Å²) in [6.45, 7) is 0. The van der Waals surface area contributed by atoms with Crippen molar-refractivity contribution in [3.8, 4) is 34.0 Å². The van der Waals surface area contributed by atoms with E-state index in [4.69, 9.17) is 15.2 Å². The van der Waals surface area contributed by atoms with Gasteiger partial charge in [-0.05, 0) is 30.3 Å². The van der Waals surface area contributed by atoms with Gasteiger partial charge in [-0.3, -0.25) is 0 Å². The molecule has 0 aliphatic carbocycles. The van der Waals surface area contributed by atoms with Gasteiger partial charge in [0, 0.05) is 29.8 Å². The third-order valence-corrected chi connectivity index (χ3v) is 5.85. The number of fused-ring (bicyclic) bond motifs is 1. The highest BCUT2D eigenvalue weighted by atomic mass is 32.2. The van der Waals surface area contributed by atoms with E-state index in [0.29, 0.717) is 28.5 Å². The van der Waals surface area contributed by atoms with E-state index in [-0.39, 0.29) is 10.7 Å². The molecule has 2 N–H and O–H groups in total. The molecule has 4 rings (SSSR count). The smallest absolute Gasteiger partial charge is 0.180 e. The maximum Gasteiger partial charge on any atom is 0.180 e. The summed E-state index contributed by atoms with van der Waals surface area (Å²) in [4.78, 5) is 9.27. The average molecular weight is 424 g/mol. The van der Waals surface area contributed by atoms with Crippen molar-refractivity contribution in [2.75, 3.05) is 26.2 Å². The second-order valence-corrected chi connectivity index (χ2v) is 8.75. The van der Waals surface area contributed by atoms with Gasteiger partial charge in [-0.25, -0.2) is 18.4 Å². The Morgan fingerprint density at radius 3 is 2.07 bits per heavy atom. The second-order valence-electron chi connectivity index (χ2n) is 6.73. The minimum absolute atomic E-state index is 0.249. The van der Waals surface area contributed by atoms with Gasteiger partial charge >= 0.3 is 0 Å². The molecule has 0 aliphatic rings. The summed E-state index contributed by atoms with van der Waals surface area (Å²) in [7, 11) is -0.102. The number of rotatable bonds is 5. The topological polar surface area (TPSA) is 109 Å². The van der Waals surface area contributed by atoms with E-state index >= 15 is 0 Å². The Labute approximate surface area is 173 Å². The van der Waals surface area contributed by atoms with Crippen LogP contribution in [0.5, 0.6) is 11.5 Å². The van der Waals surface area contributed by atoms with E-state index in [2.05, 4.69) is 9.97 Å². The third-order valence-electron chi connectivity index (χ3n) is 4.72. The van der Waals surface area contributed by atoms with Crippen molar-refractivity contribution in [2.45, 2.75) is 4.90 Å². The zero-order chi connectivity index (χ0) is 21.5. The fourth-order valence-electron chi connectivity index (χ4n) is 3.17. The van der Waals surface area contributed by atoms with Crippen LogP contribution in [-0.4, -0.2) is 43.3 Å². The number of imidazole rings is 1. The molecule has 0 aliphatic heterocycles. The number of hydrogen-bond acceptors (Lipinski definition) is 7. The first kappa shape index (κ1) is 19.7. The summed E-state index contributed by atoms with van der Waals surface area (Å²) >= 11 is 0. The summed E-state index contributed by atoms with van der Waals surface area (Å²) in [5, 5.41) is 0. The Kier molecular flexibility index (Phi) is 4.83. The van der Waals surface area contributed by atoms with Crippen molar-refractivity contribution in [1.82, 2.24) is 14.4 Å². The van der Waals surface area contributed by atoms with Crippen LogP contribution in [0.25, 0.3) is 28.2 Å². The highest BCUT2D eigenvalue weighted by molar-refractivity contribution is 7.90. The van der Waals surface area contributed by atoms with Crippen molar-refractivity contribution >= 4 is 21.3 Å². The number of nitrogen functional groups attached to an aromatic ring is 1. The largest absolute Gasteiger partial charge is 0.493 e. The van der Waals surface area contributed by atoms with Gasteiger partial charge < -0.3 is 19.6 Å². The lowest BCUT2D eigenvalue weighted by molar-refractivity contribution is 0.355. The molecule has 2 heterocycles. The monoisotopic (exact) mass is 424 g/mol. The average Bonchev–Trinajstić information content (AvgIpc) is 3.17. The predicted molar refractivity (Wildman–Crippen MR) is 114 cm³/mol. The summed E-state index contributed by atoms with van der Waals surface area (Å²) in [6.07, 6.45) is 4.83. The fourth-order valence-corrected chi connectivity index (χ4v) is 3.80. The first-order valence-electron chi connectivity index (χ1n) is 8.98. The van der Waals surface area contributed by atoms with E-state index in [1.807, 2.05) is 24.4 Å². The molecule has 8 nitrogen and oxygen atoms in total. The van der Waals surface area contributed by atoms with Crippen LogP contribution >= 0.6 is 0 Å². The van der Waals surface area contributed by atoms with Gasteiger partial charge in [0.2, 0.25) is 0 Å². The van der Waals surface area contributed by atoms with Gasteiger partial charge in [-0.1, -0.05) is 12.1 Å². The van der Waals surface area contributed by atoms with E-state index in [0.717, 1.165) is 11.1 Å². The molecule has 154 valence electrons. The highest BCUT2D eigenvalue weighted by Crippen LogP contribution is 2.32. The first-order chi connectivity index (χ1) is 14.3. The maximum atomic E-state index is 11.7. The van der Waals surface area contributed by atoms with Crippen LogP contribution in [0.15, 0.2) is 59.8 Å². The van der Waals surface area contributed by atoms with Crippen LogP contribution in [0, 0.1) is 0 Å². The number of nitrogens with two attached hydrogens (primary N) is 1. The molecular weight excluding hydrogens is 404 g/mol. The van der Waals surface area contributed by atoms with Crippen LogP contribution in [0.2, 0.25) is 0 Å². The number of methoxy groups -OCH3 is 2. The molecule has 0 unspecified atom stereocenters. The molecule has 2 aromatic heterocycles. The van der Waals surface area contributed by atoms with Crippen molar-refractivity contribution in [1.29, 1.82) is 0 Å². The second kappa shape index (κ2) is 7.34. The van der Waals surface area contributed by atoms with Gasteiger partial charge in [-0.2, -0.15) is 0 Å². The van der Waals surface area contributed by atoms with Crippen LogP contribution in [-0.2, 0) is 9.84 Å². The van der Waals surface area contributed by atoms with Gasteiger partial charge in [-0.15, -0.1) is 0 Å². The van der Waals surface area contributed by atoms with Crippen molar-refractivity contribution in [3.05, 3.63) is 54.9 Å². The zero-order valence-electron chi connectivity index (χ0n) is 16.7. The van der Waals surface area contributed by atoms with Crippen molar-refractivity contribution in [2.24, 2.45) is 0 Å². The molecule has 0 radical (unpaired) electrons. The normalized spacial score (nSPS) is 11.6. The minimum atomic E-state index is -3.26. The van der Waals surface area contributed by atoms with Crippen LogP contribution < -0.4 is 15.2 Å². The number of hydrogen-bond donors (Lipinski definition) is 1. The quantitative estimate of drug-likeness (QED) is 0.524. The number of aromatic nitrogens is 3. The molecule has 0 atom stereocenters. The number of ether oxygens (including phenoxy) is 2. The van der Waals surface area contributed by atoms with Gasteiger partial charge in [0.1, 0.15) is 0 Å². The molecule has 0 spiro atoms. The Bertz CT molecular complexity index is 1350. The lowest BCUT2D eigenvalue weighted by Gasteiger charge is -2.08. The minimum Gasteiger partial charge on any atom is -0.493 e. The molecule has 0 amide bonds. The molecule has 0 saturated heterocycles. The maximum absolute atomic E-state index is 11.7. The van der Waals surface area contributed by atoms with Crippen LogP contribution in [0.3, 0.4) is 0 Å². The predicted octanol–water partition coefficient (Wildman–Crippen LogP) is 3.07. The molecule has 2 aromatic carbocycles. The molecular formula is C21H20N4O4S. The Hall–Kier alpha value is -3.59. The number of sulfone groups is 1.